The summed E-state index contributed by atoms with van der Waals surface area (Å²) in [5.74, 6) is -0.723. The van der Waals surface area contributed by atoms with Crippen LogP contribution in [0.4, 0.5) is 24.5 Å². The molecule has 6 nitrogen and oxygen atoms in total. The average molecular weight is 359 g/mol. The first kappa shape index (κ1) is 17.7. The number of carbonyl (C=O) groups is 1. The van der Waals surface area contributed by atoms with Gasteiger partial charge in [-0.1, -0.05) is 12.1 Å². The molecule has 0 aliphatic heterocycles. The molecule has 1 amide bonds. The van der Waals surface area contributed by atoms with E-state index in [0.29, 0.717) is 6.07 Å². The lowest BCUT2D eigenvalue weighted by Crippen LogP contribution is -2.17. The van der Waals surface area contributed by atoms with Gasteiger partial charge in [0.25, 0.3) is 5.91 Å². The van der Waals surface area contributed by atoms with Gasteiger partial charge < -0.3 is 5.32 Å². The molecule has 2 N–H and O–H groups in total. The summed E-state index contributed by atoms with van der Waals surface area (Å²) in [4.78, 5) is 15.3. The zero-order valence-electron chi connectivity index (χ0n) is 12.3. The van der Waals surface area contributed by atoms with Crippen molar-refractivity contribution in [3.8, 4) is 0 Å². The van der Waals surface area contributed by atoms with Crippen LogP contribution in [0.25, 0.3) is 0 Å². The monoisotopic (exact) mass is 359 g/mol. The minimum absolute atomic E-state index is 0.0999. The molecule has 10 heteroatoms. The Morgan fingerprint density at radius 1 is 1.08 bits per heavy atom. The number of carbonyl (C=O) groups excluding carboxylic acids is 1. The first-order chi connectivity index (χ1) is 11.1. The minimum atomic E-state index is -4.60. The third-order valence-corrected chi connectivity index (χ3v) is 3.38. The minimum Gasteiger partial charge on any atom is -0.320 e. The Morgan fingerprint density at radius 2 is 1.71 bits per heavy atom. The van der Waals surface area contributed by atoms with Crippen molar-refractivity contribution in [2.45, 2.75) is 6.18 Å². The Balaban J connectivity index is 2.21. The Labute approximate surface area is 135 Å². The van der Waals surface area contributed by atoms with Gasteiger partial charge in [-0.3, -0.25) is 14.5 Å². The Hall–Kier alpha value is -2.62. The maximum Gasteiger partial charge on any atom is 0.433 e. The molecule has 2 aromatic rings. The fraction of sp³-hybridized carbons (Fsp3) is 0.143. The molecule has 1 aromatic heterocycles. The van der Waals surface area contributed by atoms with E-state index in [1.165, 1.54) is 12.1 Å². The second-order valence-electron chi connectivity index (χ2n) is 4.80. The highest BCUT2D eigenvalue weighted by atomic mass is 32.2. The number of amides is 1. The molecule has 1 aromatic carbocycles. The Bertz CT molecular complexity index is 850. The third-order valence-electron chi connectivity index (χ3n) is 2.79. The van der Waals surface area contributed by atoms with E-state index in [1.807, 2.05) is 0 Å². The molecule has 0 radical (unpaired) electrons. The molecular formula is C14H12F3N3O3S. The highest BCUT2D eigenvalue weighted by Crippen LogP contribution is 2.27. The highest BCUT2D eigenvalue weighted by Gasteiger charge is 2.32. The zero-order valence-corrected chi connectivity index (χ0v) is 13.1. The number of sulfonamides is 1. The van der Waals surface area contributed by atoms with Gasteiger partial charge in [0.05, 0.1) is 23.2 Å². The number of aromatic nitrogens is 1. The number of halogens is 3. The van der Waals surface area contributed by atoms with Gasteiger partial charge in [0.1, 0.15) is 5.69 Å². The fourth-order valence-electron chi connectivity index (χ4n) is 1.77. The van der Waals surface area contributed by atoms with Gasteiger partial charge in [0.15, 0.2) is 0 Å². The summed E-state index contributed by atoms with van der Waals surface area (Å²) in [7, 11) is -3.56. The molecule has 0 saturated heterocycles. The summed E-state index contributed by atoms with van der Waals surface area (Å²) in [6.45, 7) is 0. The number of anilines is 2. The lowest BCUT2D eigenvalue weighted by Gasteiger charge is -2.12. The zero-order chi connectivity index (χ0) is 18.0. The number of rotatable bonds is 4. The lowest BCUT2D eigenvalue weighted by atomic mass is 10.2. The second-order valence-corrected chi connectivity index (χ2v) is 6.55. The summed E-state index contributed by atoms with van der Waals surface area (Å²) in [6.07, 6.45) is -2.85. The summed E-state index contributed by atoms with van der Waals surface area (Å²) in [5, 5.41) is 2.42. The van der Waals surface area contributed by atoms with Crippen molar-refractivity contribution >= 4 is 27.3 Å². The smallest absolute Gasteiger partial charge is 0.320 e. The van der Waals surface area contributed by atoms with E-state index in [2.05, 4.69) is 15.0 Å². The van der Waals surface area contributed by atoms with Crippen LogP contribution >= 0.6 is 0 Å². The standard InChI is InChI=1S/C14H12F3N3O3S/c1-24(22,23)20-11-5-3-2-4-10(11)19-13(21)9-6-7-12(18-8-9)14(15,16)17/h2-8,20H,1H3,(H,19,21). The number of para-hydroxylation sites is 2. The first-order valence-electron chi connectivity index (χ1n) is 6.48. The Morgan fingerprint density at radius 3 is 2.21 bits per heavy atom. The molecular weight excluding hydrogens is 347 g/mol. The van der Waals surface area contributed by atoms with E-state index in [4.69, 9.17) is 0 Å². The van der Waals surface area contributed by atoms with E-state index >= 15 is 0 Å². The fourth-order valence-corrected chi connectivity index (χ4v) is 2.35. The van der Waals surface area contributed by atoms with E-state index in [0.717, 1.165) is 18.5 Å². The number of benzene rings is 1. The number of hydrogen-bond donors (Lipinski definition) is 2. The molecule has 0 saturated carbocycles. The van der Waals surface area contributed by atoms with E-state index < -0.39 is 27.8 Å². The predicted octanol–water partition coefficient (Wildman–Crippen LogP) is 2.72. The van der Waals surface area contributed by atoms with Crippen molar-refractivity contribution in [3.05, 3.63) is 53.9 Å². The number of alkyl halides is 3. The maximum atomic E-state index is 12.4. The molecule has 0 aliphatic rings. The molecule has 0 atom stereocenters. The summed E-state index contributed by atoms with van der Waals surface area (Å²) < 4.78 is 62.2. The predicted molar refractivity (Wildman–Crippen MR) is 82.1 cm³/mol. The van der Waals surface area contributed by atoms with Crippen LogP contribution in [-0.2, 0) is 16.2 Å². The van der Waals surface area contributed by atoms with Crippen molar-refractivity contribution in [2.24, 2.45) is 0 Å². The number of pyridine rings is 1. The van der Waals surface area contributed by atoms with Crippen LogP contribution in [0.2, 0.25) is 0 Å². The van der Waals surface area contributed by atoms with Gasteiger partial charge in [-0.05, 0) is 24.3 Å². The van der Waals surface area contributed by atoms with Crippen molar-refractivity contribution in [2.75, 3.05) is 16.3 Å². The molecule has 0 aliphatic carbocycles. The SMILES string of the molecule is CS(=O)(=O)Nc1ccccc1NC(=O)c1ccc(C(F)(F)F)nc1. The van der Waals surface area contributed by atoms with Crippen LogP contribution in [0, 0.1) is 0 Å². The van der Waals surface area contributed by atoms with E-state index in [9.17, 15) is 26.4 Å². The maximum absolute atomic E-state index is 12.4. The normalized spacial score (nSPS) is 11.8. The summed E-state index contributed by atoms with van der Waals surface area (Å²) in [6, 6.07) is 7.68. The van der Waals surface area contributed by atoms with Crippen LogP contribution in [0.5, 0.6) is 0 Å². The summed E-state index contributed by atoms with van der Waals surface area (Å²) in [5.41, 5.74) is -0.920. The van der Waals surface area contributed by atoms with Gasteiger partial charge in [-0.15, -0.1) is 0 Å². The number of nitrogens with one attached hydrogen (secondary N) is 2. The van der Waals surface area contributed by atoms with Gasteiger partial charge in [-0.25, -0.2) is 8.42 Å². The molecule has 0 unspecified atom stereocenters. The topological polar surface area (TPSA) is 88.2 Å². The Kier molecular flexibility index (Phi) is 4.78. The van der Waals surface area contributed by atoms with Gasteiger partial charge in [0.2, 0.25) is 10.0 Å². The van der Waals surface area contributed by atoms with Crippen LogP contribution in [0.1, 0.15) is 16.1 Å². The average Bonchev–Trinajstić information content (AvgIpc) is 2.47. The van der Waals surface area contributed by atoms with Crippen LogP contribution in [-0.4, -0.2) is 25.6 Å². The molecule has 2 rings (SSSR count). The molecule has 0 bridgehead atoms. The van der Waals surface area contributed by atoms with Gasteiger partial charge in [-0.2, -0.15) is 13.2 Å². The van der Waals surface area contributed by atoms with Crippen LogP contribution in [0.3, 0.4) is 0 Å². The van der Waals surface area contributed by atoms with Crippen LogP contribution in [0.15, 0.2) is 42.6 Å². The van der Waals surface area contributed by atoms with Crippen molar-refractivity contribution in [1.82, 2.24) is 4.98 Å². The lowest BCUT2D eigenvalue weighted by molar-refractivity contribution is -0.141. The first-order valence-corrected chi connectivity index (χ1v) is 8.37. The van der Waals surface area contributed by atoms with Crippen molar-refractivity contribution in [3.63, 3.8) is 0 Å². The van der Waals surface area contributed by atoms with Gasteiger partial charge >= 0.3 is 6.18 Å². The quantitative estimate of drug-likeness (QED) is 0.879. The molecule has 0 fully saturated rings. The van der Waals surface area contributed by atoms with Crippen molar-refractivity contribution in [1.29, 1.82) is 0 Å². The highest BCUT2D eigenvalue weighted by molar-refractivity contribution is 7.92. The molecule has 0 spiro atoms. The van der Waals surface area contributed by atoms with Crippen LogP contribution < -0.4 is 10.0 Å². The summed E-state index contributed by atoms with van der Waals surface area (Å²) >= 11 is 0. The third kappa shape index (κ3) is 4.69. The number of nitrogens with zero attached hydrogens (tertiary/aromatic N) is 1. The molecule has 128 valence electrons. The van der Waals surface area contributed by atoms with E-state index in [-0.39, 0.29) is 16.9 Å². The largest absolute Gasteiger partial charge is 0.433 e. The number of hydrogen-bond acceptors (Lipinski definition) is 4. The molecule has 24 heavy (non-hydrogen) atoms. The van der Waals surface area contributed by atoms with Gasteiger partial charge in [0, 0.05) is 6.20 Å². The second kappa shape index (κ2) is 6.48. The van der Waals surface area contributed by atoms with E-state index in [1.54, 1.807) is 12.1 Å². The molecule has 1 heterocycles. The van der Waals surface area contributed by atoms with Crippen molar-refractivity contribution < 1.29 is 26.4 Å².